The first-order valence-electron chi connectivity index (χ1n) is 7.28. The number of ether oxygens (including phenoxy) is 2. The third-order valence-corrected chi connectivity index (χ3v) is 3.87. The van der Waals surface area contributed by atoms with Crippen LogP contribution in [-0.4, -0.2) is 18.9 Å². The molecule has 0 radical (unpaired) electrons. The Morgan fingerprint density at radius 2 is 1.83 bits per heavy atom. The second-order valence-electron chi connectivity index (χ2n) is 5.08. The van der Waals surface area contributed by atoms with Gasteiger partial charge in [-0.15, -0.1) is 0 Å². The second-order valence-corrected chi connectivity index (χ2v) is 5.99. The van der Waals surface area contributed by atoms with E-state index in [1.165, 1.54) is 20.1 Å². The number of methoxy groups -OCH3 is 1. The highest BCUT2D eigenvalue weighted by atomic mass is 79.9. The van der Waals surface area contributed by atoms with Crippen LogP contribution in [0.15, 0.2) is 53.0 Å². The average Bonchev–Trinajstić information content (AvgIpc) is 2.59. The van der Waals surface area contributed by atoms with Crippen molar-refractivity contribution in [3.05, 3.63) is 69.7 Å². The largest absolute Gasteiger partial charge is 0.496 e. The molecule has 0 N–H and O–H groups in total. The van der Waals surface area contributed by atoms with E-state index in [1.54, 1.807) is 24.3 Å². The van der Waals surface area contributed by atoms with Crippen LogP contribution in [-0.2, 0) is 16.1 Å². The zero-order chi connectivity index (χ0) is 17.5. The molecule has 0 bridgehead atoms. The van der Waals surface area contributed by atoms with E-state index in [0.717, 1.165) is 10.0 Å². The Hall–Kier alpha value is -2.40. The minimum Gasteiger partial charge on any atom is -0.496 e. The lowest BCUT2D eigenvalue weighted by Gasteiger charge is -2.09. The lowest BCUT2D eigenvalue weighted by Crippen LogP contribution is -2.04. The van der Waals surface area contributed by atoms with Crippen molar-refractivity contribution in [1.82, 2.24) is 0 Å². The Morgan fingerprint density at radius 3 is 2.46 bits per heavy atom. The Labute approximate surface area is 149 Å². The maximum atomic E-state index is 11.8. The summed E-state index contributed by atoms with van der Waals surface area (Å²) in [5.74, 6) is 0.0539. The molecule has 0 aromatic heterocycles. The number of hydrogen-bond donors (Lipinski definition) is 0. The Balaban J connectivity index is 2.01. The summed E-state index contributed by atoms with van der Waals surface area (Å²) in [6.07, 6.45) is 3.04. The van der Waals surface area contributed by atoms with Crippen LogP contribution in [0.3, 0.4) is 0 Å². The van der Waals surface area contributed by atoms with Crippen LogP contribution < -0.4 is 4.74 Å². The van der Waals surface area contributed by atoms with Crippen molar-refractivity contribution in [2.24, 2.45) is 0 Å². The zero-order valence-electron chi connectivity index (χ0n) is 13.4. The maximum Gasteiger partial charge on any atom is 0.331 e. The third-order valence-electron chi connectivity index (χ3n) is 3.34. The molecular formula is C19H17BrO4. The van der Waals surface area contributed by atoms with Crippen molar-refractivity contribution in [3.63, 3.8) is 0 Å². The summed E-state index contributed by atoms with van der Waals surface area (Å²) in [6, 6.07) is 12.6. The molecule has 0 spiro atoms. The standard InChI is InChI=1S/C19H17BrO4/c1-13(21)15-6-9-18(23-2)16(11-15)12-24-19(22)10-5-14-3-7-17(20)8-4-14/h3-11H,12H2,1-2H3/b10-5+. The third kappa shape index (κ3) is 5.06. The van der Waals surface area contributed by atoms with Crippen molar-refractivity contribution in [2.45, 2.75) is 13.5 Å². The molecule has 0 unspecified atom stereocenters. The fourth-order valence-corrected chi connectivity index (χ4v) is 2.31. The molecule has 2 aromatic rings. The fraction of sp³-hybridized carbons (Fsp3) is 0.158. The van der Waals surface area contributed by atoms with Gasteiger partial charge in [-0.1, -0.05) is 28.1 Å². The van der Waals surface area contributed by atoms with Crippen LogP contribution in [0.5, 0.6) is 5.75 Å². The summed E-state index contributed by atoms with van der Waals surface area (Å²) in [6.45, 7) is 1.52. The van der Waals surface area contributed by atoms with E-state index in [-0.39, 0.29) is 12.4 Å². The first kappa shape index (κ1) is 17.9. The number of rotatable bonds is 6. The van der Waals surface area contributed by atoms with E-state index < -0.39 is 5.97 Å². The molecule has 4 nitrogen and oxygen atoms in total. The SMILES string of the molecule is COc1ccc(C(C)=O)cc1COC(=O)/C=C/c1ccc(Br)cc1. The number of esters is 1. The smallest absolute Gasteiger partial charge is 0.331 e. The van der Waals surface area contributed by atoms with Gasteiger partial charge in [-0.25, -0.2) is 4.79 Å². The molecule has 0 amide bonds. The van der Waals surface area contributed by atoms with Crippen molar-refractivity contribution < 1.29 is 19.1 Å². The van der Waals surface area contributed by atoms with Crippen molar-refractivity contribution in [2.75, 3.05) is 7.11 Å². The molecule has 0 saturated heterocycles. The molecule has 0 aliphatic rings. The quantitative estimate of drug-likeness (QED) is 0.417. The van der Waals surface area contributed by atoms with Gasteiger partial charge in [-0.2, -0.15) is 0 Å². The molecule has 0 aliphatic heterocycles. The van der Waals surface area contributed by atoms with E-state index in [4.69, 9.17) is 9.47 Å². The van der Waals surface area contributed by atoms with Crippen LogP contribution >= 0.6 is 15.9 Å². The highest BCUT2D eigenvalue weighted by molar-refractivity contribution is 9.10. The van der Waals surface area contributed by atoms with Gasteiger partial charge in [0, 0.05) is 21.7 Å². The molecule has 5 heteroatoms. The number of Topliss-reactive ketones (excluding diaryl/α,β-unsaturated/α-hetero) is 1. The van der Waals surface area contributed by atoms with Gasteiger partial charge in [0.1, 0.15) is 12.4 Å². The van der Waals surface area contributed by atoms with Gasteiger partial charge < -0.3 is 9.47 Å². The van der Waals surface area contributed by atoms with Crippen LogP contribution in [0.2, 0.25) is 0 Å². The van der Waals surface area contributed by atoms with Gasteiger partial charge in [0.25, 0.3) is 0 Å². The van der Waals surface area contributed by atoms with E-state index in [1.807, 2.05) is 24.3 Å². The van der Waals surface area contributed by atoms with E-state index in [2.05, 4.69) is 15.9 Å². The van der Waals surface area contributed by atoms with Crippen LogP contribution in [0.1, 0.15) is 28.4 Å². The van der Waals surface area contributed by atoms with Crippen molar-refractivity contribution in [3.8, 4) is 5.75 Å². The van der Waals surface area contributed by atoms with Gasteiger partial charge in [0.05, 0.1) is 7.11 Å². The number of halogens is 1. The predicted octanol–water partition coefficient (Wildman–Crippen LogP) is 4.42. The average molecular weight is 389 g/mol. The van der Waals surface area contributed by atoms with Gasteiger partial charge in [0.15, 0.2) is 5.78 Å². The predicted molar refractivity (Wildman–Crippen MR) is 96.0 cm³/mol. The highest BCUT2D eigenvalue weighted by Gasteiger charge is 2.09. The monoisotopic (exact) mass is 388 g/mol. The maximum absolute atomic E-state index is 11.8. The minimum absolute atomic E-state index is 0.0355. The Kier molecular flexibility index (Phi) is 6.32. The number of benzene rings is 2. The number of carbonyl (C=O) groups is 2. The number of carbonyl (C=O) groups excluding carboxylic acids is 2. The van der Waals surface area contributed by atoms with Gasteiger partial charge >= 0.3 is 5.97 Å². The zero-order valence-corrected chi connectivity index (χ0v) is 15.0. The topological polar surface area (TPSA) is 52.6 Å². The summed E-state index contributed by atoms with van der Waals surface area (Å²) < 4.78 is 11.4. The van der Waals surface area contributed by atoms with Crippen LogP contribution in [0.25, 0.3) is 6.08 Å². The molecular weight excluding hydrogens is 372 g/mol. The van der Waals surface area contributed by atoms with Gasteiger partial charge in [-0.05, 0) is 48.9 Å². The molecule has 0 aliphatic carbocycles. The first-order valence-corrected chi connectivity index (χ1v) is 8.07. The highest BCUT2D eigenvalue weighted by Crippen LogP contribution is 2.21. The molecule has 0 heterocycles. The summed E-state index contributed by atoms with van der Waals surface area (Å²) >= 11 is 3.35. The van der Waals surface area contributed by atoms with Crippen LogP contribution in [0, 0.1) is 0 Å². The first-order chi connectivity index (χ1) is 11.5. The molecule has 24 heavy (non-hydrogen) atoms. The number of hydrogen-bond acceptors (Lipinski definition) is 4. The lowest BCUT2D eigenvalue weighted by molar-refractivity contribution is -0.138. The molecule has 2 rings (SSSR count). The Bertz CT molecular complexity index is 763. The van der Waals surface area contributed by atoms with Gasteiger partial charge in [-0.3, -0.25) is 4.79 Å². The molecule has 0 saturated carbocycles. The summed E-state index contributed by atoms with van der Waals surface area (Å²) in [5.41, 5.74) is 2.09. The normalized spacial score (nSPS) is 10.6. The van der Waals surface area contributed by atoms with Gasteiger partial charge in [0.2, 0.25) is 0 Å². The second kappa shape index (κ2) is 8.45. The summed E-state index contributed by atoms with van der Waals surface area (Å²) in [4.78, 5) is 23.3. The molecule has 0 fully saturated rings. The van der Waals surface area contributed by atoms with E-state index >= 15 is 0 Å². The van der Waals surface area contributed by atoms with Crippen molar-refractivity contribution in [1.29, 1.82) is 0 Å². The van der Waals surface area contributed by atoms with E-state index in [0.29, 0.717) is 16.9 Å². The summed E-state index contributed by atoms with van der Waals surface area (Å²) in [7, 11) is 1.53. The summed E-state index contributed by atoms with van der Waals surface area (Å²) in [5, 5.41) is 0. The minimum atomic E-state index is -0.465. The Morgan fingerprint density at radius 1 is 1.12 bits per heavy atom. The molecule has 124 valence electrons. The fourth-order valence-electron chi connectivity index (χ4n) is 2.05. The molecule has 0 atom stereocenters. The van der Waals surface area contributed by atoms with E-state index in [9.17, 15) is 9.59 Å². The molecule has 2 aromatic carbocycles. The number of ketones is 1. The van der Waals surface area contributed by atoms with Crippen LogP contribution in [0.4, 0.5) is 0 Å². The van der Waals surface area contributed by atoms with Crippen molar-refractivity contribution >= 4 is 33.8 Å². The lowest BCUT2D eigenvalue weighted by atomic mass is 10.1.